The van der Waals surface area contributed by atoms with Gasteiger partial charge in [-0.05, 0) is 72.6 Å². The van der Waals surface area contributed by atoms with Crippen molar-refractivity contribution in [3.8, 4) is 11.3 Å². The number of esters is 1. The van der Waals surface area contributed by atoms with Crippen molar-refractivity contribution in [2.75, 3.05) is 12.0 Å². The number of benzene rings is 3. The minimum Gasteiger partial charge on any atom is -0.465 e. The number of hydrogen-bond donors (Lipinski definition) is 0. The summed E-state index contributed by atoms with van der Waals surface area (Å²) in [6.45, 7) is 0.380. The lowest BCUT2D eigenvalue weighted by atomic mass is 10.0. The lowest BCUT2D eigenvalue weighted by Gasteiger charge is -2.26. The summed E-state index contributed by atoms with van der Waals surface area (Å²) >= 11 is 12.4. The van der Waals surface area contributed by atoms with E-state index in [1.165, 1.54) is 7.11 Å². The first-order valence-corrected chi connectivity index (χ1v) is 13.3. The highest BCUT2D eigenvalue weighted by Gasteiger charge is 2.32. The molecule has 0 saturated carbocycles. The molecule has 0 unspecified atom stereocenters. The minimum atomic E-state index is -0.475. The van der Waals surface area contributed by atoms with E-state index in [2.05, 4.69) is 17.1 Å². The van der Waals surface area contributed by atoms with E-state index in [1.54, 1.807) is 18.3 Å². The third-order valence-electron chi connectivity index (χ3n) is 6.39. The lowest BCUT2D eigenvalue weighted by Crippen LogP contribution is -2.20. The van der Waals surface area contributed by atoms with Crippen molar-refractivity contribution in [2.45, 2.75) is 19.4 Å². The second-order valence-corrected chi connectivity index (χ2v) is 9.82. The molecule has 39 heavy (non-hydrogen) atoms. The van der Waals surface area contributed by atoms with Gasteiger partial charge in [0.1, 0.15) is 17.0 Å². The fraction of sp³-hybridized carbons (Fsp3) is 0.125. The summed E-state index contributed by atoms with van der Waals surface area (Å²) < 4.78 is 11.9. The molecular weight excluding hydrogens is 531 g/mol. The summed E-state index contributed by atoms with van der Waals surface area (Å²) in [4.78, 5) is 20.0. The van der Waals surface area contributed by atoms with Crippen molar-refractivity contribution in [1.29, 1.82) is 0 Å². The fourth-order valence-electron chi connectivity index (χ4n) is 4.49. The fourth-order valence-corrected chi connectivity index (χ4v) is 4.74. The van der Waals surface area contributed by atoms with Gasteiger partial charge < -0.3 is 14.1 Å². The molecule has 196 valence electrons. The molecule has 0 saturated heterocycles. The van der Waals surface area contributed by atoms with Gasteiger partial charge in [-0.15, -0.1) is 0 Å². The van der Waals surface area contributed by atoms with Crippen LogP contribution in [0.15, 0.2) is 108 Å². The molecule has 7 heteroatoms. The van der Waals surface area contributed by atoms with Gasteiger partial charge in [0, 0.05) is 33.9 Å². The number of aryl methyl sites for hydroxylation is 2. The Bertz CT molecular complexity index is 1530. The first-order valence-electron chi connectivity index (χ1n) is 12.5. The molecule has 0 atom stereocenters. The van der Waals surface area contributed by atoms with Crippen LogP contribution >= 0.6 is 23.2 Å². The second-order valence-electron chi connectivity index (χ2n) is 8.95. The molecule has 0 fully saturated rings. The highest BCUT2D eigenvalue weighted by atomic mass is 35.5. The Morgan fingerprint density at radius 1 is 0.846 bits per heavy atom. The Morgan fingerprint density at radius 3 is 2.15 bits per heavy atom. The summed E-state index contributed by atoms with van der Waals surface area (Å²) in [6, 6.07) is 30.7. The van der Waals surface area contributed by atoms with Gasteiger partial charge in [-0.25, -0.2) is 4.79 Å². The highest BCUT2D eigenvalue weighted by Crippen LogP contribution is 2.44. The summed E-state index contributed by atoms with van der Waals surface area (Å²) in [5, 5.41) is 1.21. The lowest BCUT2D eigenvalue weighted by molar-refractivity contribution is 0.0599. The number of pyridine rings is 1. The molecule has 0 aliphatic rings. The second kappa shape index (κ2) is 12.2. The minimum absolute atomic E-state index is 0.379. The van der Waals surface area contributed by atoms with Crippen LogP contribution in [0.2, 0.25) is 10.0 Å². The average Bonchev–Trinajstić information content (AvgIpc) is 3.35. The Hall–Kier alpha value is -4.06. The van der Waals surface area contributed by atoms with Gasteiger partial charge in [-0.3, -0.25) is 4.98 Å². The number of carbonyl (C=O) groups is 1. The SMILES string of the molecule is COC(=O)c1c(CCc2ccccc2)oc(-c2ccc(Cl)cc2)c1N(Cc1ccccn1)c1ccc(Cl)cc1. The van der Waals surface area contributed by atoms with E-state index in [0.29, 0.717) is 52.2 Å². The molecule has 5 nitrogen and oxygen atoms in total. The number of hydrogen-bond acceptors (Lipinski definition) is 5. The van der Waals surface area contributed by atoms with Crippen LogP contribution in [0.1, 0.15) is 27.4 Å². The third-order valence-corrected chi connectivity index (χ3v) is 6.89. The topological polar surface area (TPSA) is 55.6 Å². The largest absolute Gasteiger partial charge is 0.465 e. The van der Waals surface area contributed by atoms with Crippen molar-refractivity contribution in [3.05, 3.63) is 136 Å². The standard InChI is InChI=1S/C32H26Cl2N2O3/c1-38-32(37)29-28(19-10-22-7-3-2-4-8-22)39-31(23-11-13-24(33)14-12-23)30(29)36(21-26-9-5-6-20-35-26)27-17-15-25(34)16-18-27/h2-9,11-18,20H,10,19,21H2,1H3. The molecule has 0 spiro atoms. The Morgan fingerprint density at radius 2 is 1.51 bits per heavy atom. The first kappa shape index (κ1) is 26.5. The number of furan rings is 1. The number of halogens is 2. The molecule has 0 amide bonds. The number of carbonyl (C=O) groups excluding carboxylic acids is 1. The van der Waals surface area contributed by atoms with Crippen molar-refractivity contribution >= 4 is 40.5 Å². The van der Waals surface area contributed by atoms with Gasteiger partial charge >= 0.3 is 5.97 Å². The smallest absolute Gasteiger partial charge is 0.343 e. The number of aromatic nitrogens is 1. The molecule has 0 bridgehead atoms. The Kier molecular flexibility index (Phi) is 8.30. The number of methoxy groups -OCH3 is 1. The average molecular weight is 557 g/mol. The number of anilines is 2. The molecule has 0 radical (unpaired) electrons. The highest BCUT2D eigenvalue weighted by molar-refractivity contribution is 6.31. The van der Waals surface area contributed by atoms with Crippen LogP contribution in [0.3, 0.4) is 0 Å². The monoisotopic (exact) mass is 556 g/mol. The Labute approximate surface area is 237 Å². The number of ether oxygens (including phenoxy) is 1. The molecule has 2 heterocycles. The molecule has 0 aliphatic heterocycles. The first-order chi connectivity index (χ1) is 19.0. The van der Waals surface area contributed by atoms with Gasteiger partial charge in [0.2, 0.25) is 0 Å². The molecule has 3 aromatic carbocycles. The molecule has 5 aromatic rings. The third kappa shape index (κ3) is 6.17. The van der Waals surface area contributed by atoms with Crippen molar-refractivity contribution < 1.29 is 13.9 Å². The van der Waals surface area contributed by atoms with Gasteiger partial charge in [0.05, 0.1) is 19.3 Å². The zero-order valence-corrected chi connectivity index (χ0v) is 22.8. The maximum atomic E-state index is 13.4. The van der Waals surface area contributed by atoms with Gasteiger partial charge in [0.25, 0.3) is 0 Å². The normalized spacial score (nSPS) is 10.8. The molecule has 5 rings (SSSR count). The summed E-state index contributed by atoms with van der Waals surface area (Å²) in [5.74, 6) is 0.614. The van der Waals surface area contributed by atoms with E-state index in [-0.39, 0.29) is 0 Å². The van der Waals surface area contributed by atoms with Crippen LogP contribution in [0.4, 0.5) is 11.4 Å². The molecule has 0 N–H and O–H groups in total. The van der Waals surface area contributed by atoms with Crippen LogP contribution in [-0.4, -0.2) is 18.1 Å². The van der Waals surface area contributed by atoms with Gasteiger partial charge in [-0.1, -0.05) is 59.6 Å². The summed E-state index contributed by atoms with van der Waals surface area (Å²) in [7, 11) is 1.38. The summed E-state index contributed by atoms with van der Waals surface area (Å²) in [5.41, 5.74) is 4.54. The molecule has 0 aliphatic carbocycles. The van der Waals surface area contributed by atoms with E-state index in [1.807, 2.05) is 77.7 Å². The predicted octanol–water partition coefficient (Wildman–Crippen LogP) is 8.56. The van der Waals surface area contributed by atoms with E-state index in [9.17, 15) is 4.79 Å². The molecular formula is C32H26Cl2N2O3. The zero-order chi connectivity index (χ0) is 27.2. The zero-order valence-electron chi connectivity index (χ0n) is 21.3. The Balaban J connectivity index is 1.72. The van der Waals surface area contributed by atoms with Crippen LogP contribution in [0, 0.1) is 0 Å². The van der Waals surface area contributed by atoms with Crippen molar-refractivity contribution in [3.63, 3.8) is 0 Å². The number of rotatable bonds is 9. The quantitative estimate of drug-likeness (QED) is 0.170. The molecule has 2 aromatic heterocycles. The van der Waals surface area contributed by atoms with Crippen LogP contribution in [0.25, 0.3) is 11.3 Å². The van der Waals surface area contributed by atoms with E-state index in [0.717, 1.165) is 22.5 Å². The summed E-state index contributed by atoms with van der Waals surface area (Å²) in [6.07, 6.45) is 2.95. The van der Waals surface area contributed by atoms with Crippen LogP contribution in [-0.2, 0) is 24.1 Å². The maximum Gasteiger partial charge on any atom is 0.343 e. The van der Waals surface area contributed by atoms with Crippen LogP contribution in [0.5, 0.6) is 0 Å². The van der Waals surface area contributed by atoms with Gasteiger partial charge in [-0.2, -0.15) is 0 Å². The number of nitrogens with zero attached hydrogens (tertiary/aromatic N) is 2. The predicted molar refractivity (Wildman–Crippen MR) is 156 cm³/mol. The van der Waals surface area contributed by atoms with E-state index in [4.69, 9.17) is 32.4 Å². The van der Waals surface area contributed by atoms with Crippen molar-refractivity contribution in [1.82, 2.24) is 4.98 Å². The van der Waals surface area contributed by atoms with Crippen molar-refractivity contribution in [2.24, 2.45) is 0 Å². The van der Waals surface area contributed by atoms with E-state index >= 15 is 0 Å². The van der Waals surface area contributed by atoms with Crippen LogP contribution < -0.4 is 4.90 Å². The maximum absolute atomic E-state index is 13.4. The van der Waals surface area contributed by atoms with E-state index < -0.39 is 5.97 Å². The van der Waals surface area contributed by atoms with Gasteiger partial charge in [0.15, 0.2) is 5.76 Å².